The van der Waals surface area contributed by atoms with Crippen molar-refractivity contribution in [2.45, 2.75) is 26.2 Å². The Morgan fingerprint density at radius 3 is 2.56 bits per heavy atom. The summed E-state index contributed by atoms with van der Waals surface area (Å²) in [7, 11) is -3.33. The van der Waals surface area contributed by atoms with Crippen LogP contribution < -0.4 is 4.72 Å². The van der Waals surface area contributed by atoms with Crippen LogP contribution in [-0.2, 0) is 14.9 Å². The van der Waals surface area contributed by atoms with E-state index in [1.807, 2.05) is 0 Å². The monoisotopic (exact) mass is 342 g/mol. The number of hydrogen-bond acceptors (Lipinski definition) is 3. The van der Waals surface area contributed by atoms with Crippen LogP contribution in [0.2, 0.25) is 0 Å². The fourth-order valence-corrected chi connectivity index (χ4v) is 3.92. The number of halogens is 1. The van der Waals surface area contributed by atoms with Crippen molar-refractivity contribution >= 4 is 26.1 Å². The molecule has 1 N–H and O–H groups in total. The van der Waals surface area contributed by atoms with Crippen molar-refractivity contribution in [2.24, 2.45) is 5.92 Å². The number of ether oxygens (including phenoxy) is 1. The molecule has 0 amide bonds. The SMILES string of the molecule is CCCC(CCBr)CNS(=O)(=O)N1CCOCC1. The molecule has 1 fully saturated rings. The van der Waals surface area contributed by atoms with Gasteiger partial charge in [0, 0.05) is 25.0 Å². The van der Waals surface area contributed by atoms with Gasteiger partial charge in [0.15, 0.2) is 0 Å². The second-order valence-corrected chi connectivity index (χ2v) is 7.05. The third kappa shape index (κ3) is 5.52. The molecule has 18 heavy (non-hydrogen) atoms. The molecule has 5 nitrogen and oxygen atoms in total. The fourth-order valence-electron chi connectivity index (χ4n) is 2.01. The van der Waals surface area contributed by atoms with Gasteiger partial charge in [0.2, 0.25) is 0 Å². The van der Waals surface area contributed by atoms with Gasteiger partial charge >= 0.3 is 0 Å². The van der Waals surface area contributed by atoms with Crippen LogP contribution in [0.1, 0.15) is 26.2 Å². The Balaban J connectivity index is 2.43. The van der Waals surface area contributed by atoms with Gasteiger partial charge in [0.25, 0.3) is 10.2 Å². The van der Waals surface area contributed by atoms with Crippen molar-refractivity contribution in [3.63, 3.8) is 0 Å². The molecule has 0 aromatic heterocycles. The van der Waals surface area contributed by atoms with E-state index in [-0.39, 0.29) is 0 Å². The third-order valence-corrected chi connectivity index (χ3v) is 5.11. The van der Waals surface area contributed by atoms with Crippen molar-refractivity contribution in [2.75, 3.05) is 38.2 Å². The zero-order valence-electron chi connectivity index (χ0n) is 10.9. The summed E-state index contributed by atoms with van der Waals surface area (Å²) in [5.74, 6) is 0.408. The zero-order valence-corrected chi connectivity index (χ0v) is 13.3. The molecule has 1 heterocycles. The van der Waals surface area contributed by atoms with E-state index in [1.54, 1.807) is 0 Å². The summed E-state index contributed by atoms with van der Waals surface area (Å²) < 4.78 is 33.4. The third-order valence-electron chi connectivity index (χ3n) is 3.08. The van der Waals surface area contributed by atoms with E-state index < -0.39 is 10.2 Å². The van der Waals surface area contributed by atoms with E-state index in [0.717, 1.165) is 24.6 Å². The second-order valence-electron chi connectivity index (χ2n) is 4.50. The van der Waals surface area contributed by atoms with Crippen molar-refractivity contribution in [1.29, 1.82) is 0 Å². The highest BCUT2D eigenvalue weighted by molar-refractivity contribution is 9.09. The minimum atomic E-state index is -3.33. The summed E-state index contributed by atoms with van der Waals surface area (Å²) in [6, 6.07) is 0. The largest absolute Gasteiger partial charge is 0.379 e. The highest BCUT2D eigenvalue weighted by atomic mass is 79.9. The van der Waals surface area contributed by atoms with E-state index in [4.69, 9.17) is 4.74 Å². The number of hydrogen-bond donors (Lipinski definition) is 1. The lowest BCUT2D eigenvalue weighted by Gasteiger charge is -2.27. The molecular weight excluding hydrogens is 320 g/mol. The molecule has 0 saturated carbocycles. The summed E-state index contributed by atoms with van der Waals surface area (Å²) in [5.41, 5.74) is 0. The average Bonchev–Trinajstić information content (AvgIpc) is 2.38. The van der Waals surface area contributed by atoms with Gasteiger partial charge in [0.1, 0.15) is 0 Å². The maximum absolute atomic E-state index is 12.0. The Labute approximate surface area is 119 Å². The number of rotatable bonds is 8. The average molecular weight is 343 g/mol. The molecule has 0 bridgehead atoms. The second kappa shape index (κ2) is 8.47. The molecule has 0 aliphatic carbocycles. The summed E-state index contributed by atoms with van der Waals surface area (Å²) in [5, 5.41) is 0.914. The quantitative estimate of drug-likeness (QED) is 0.677. The van der Waals surface area contributed by atoms with Crippen LogP contribution in [0.25, 0.3) is 0 Å². The number of alkyl halides is 1. The van der Waals surface area contributed by atoms with E-state index in [1.165, 1.54) is 4.31 Å². The standard InChI is InChI=1S/C11H23BrN2O3S/c1-2-3-11(4-5-12)10-13-18(15,16)14-6-8-17-9-7-14/h11,13H,2-10H2,1H3. The first-order valence-corrected chi connectivity index (χ1v) is 9.04. The number of nitrogens with zero attached hydrogens (tertiary/aromatic N) is 1. The van der Waals surface area contributed by atoms with Crippen molar-refractivity contribution in [3.05, 3.63) is 0 Å². The van der Waals surface area contributed by atoms with Gasteiger partial charge in [-0.05, 0) is 18.8 Å². The van der Waals surface area contributed by atoms with Crippen molar-refractivity contribution in [1.82, 2.24) is 9.03 Å². The summed E-state index contributed by atoms with van der Waals surface area (Å²) >= 11 is 3.41. The molecular formula is C11H23BrN2O3S. The van der Waals surface area contributed by atoms with E-state index in [0.29, 0.717) is 38.8 Å². The summed E-state index contributed by atoms with van der Waals surface area (Å²) in [6.07, 6.45) is 3.13. The minimum absolute atomic E-state index is 0.408. The Morgan fingerprint density at radius 1 is 1.33 bits per heavy atom. The van der Waals surface area contributed by atoms with Crippen LogP contribution in [0, 0.1) is 5.92 Å². The van der Waals surface area contributed by atoms with Gasteiger partial charge in [-0.2, -0.15) is 12.7 Å². The molecule has 0 aromatic carbocycles. The highest BCUT2D eigenvalue weighted by Gasteiger charge is 2.24. The van der Waals surface area contributed by atoms with Crippen LogP contribution in [0.5, 0.6) is 0 Å². The highest BCUT2D eigenvalue weighted by Crippen LogP contribution is 2.13. The van der Waals surface area contributed by atoms with Gasteiger partial charge in [-0.15, -0.1) is 0 Å². The lowest BCUT2D eigenvalue weighted by atomic mass is 10.0. The normalized spacial score (nSPS) is 19.9. The molecule has 1 unspecified atom stereocenters. The van der Waals surface area contributed by atoms with Gasteiger partial charge < -0.3 is 4.74 Å². The molecule has 7 heteroatoms. The zero-order chi connectivity index (χ0) is 13.4. The topological polar surface area (TPSA) is 58.6 Å². The fraction of sp³-hybridized carbons (Fsp3) is 1.00. The summed E-state index contributed by atoms with van der Waals surface area (Å²) in [6.45, 7) is 4.52. The smallest absolute Gasteiger partial charge is 0.279 e. The van der Waals surface area contributed by atoms with E-state index in [9.17, 15) is 8.42 Å². The first-order chi connectivity index (χ1) is 8.60. The van der Waals surface area contributed by atoms with Crippen LogP contribution in [0.15, 0.2) is 0 Å². The molecule has 0 spiro atoms. The Morgan fingerprint density at radius 2 is 2.00 bits per heavy atom. The van der Waals surface area contributed by atoms with Crippen molar-refractivity contribution in [3.8, 4) is 0 Å². The first kappa shape index (κ1) is 16.4. The first-order valence-electron chi connectivity index (χ1n) is 6.48. The van der Waals surface area contributed by atoms with Crippen LogP contribution in [0.4, 0.5) is 0 Å². The van der Waals surface area contributed by atoms with Gasteiger partial charge in [0.05, 0.1) is 13.2 Å². The lowest BCUT2D eigenvalue weighted by Crippen LogP contribution is -2.47. The van der Waals surface area contributed by atoms with Gasteiger partial charge in [-0.25, -0.2) is 4.72 Å². The minimum Gasteiger partial charge on any atom is -0.379 e. The number of morpholine rings is 1. The molecule has 0 aromatic rings. The lowest BCUT2D eigenvalue weighted by molar-refractivity contribution is 0.0724. The Kier molecular flexibility index (Phi) is 7.70. The number of nitrogens with one attached hydrogen (secondary N) is 1. The van der Waals surface area contributed by atoms with Gasteiger partial charge in [-0.3, -0.25) is 0 Å². The molecule has 1 saturated heterocycles. The molecule has 1 rings (SSSR count). The predicted molar refractivity (Wildman–Crippen MR) is 76.1 cm³/mol. The maximum Gasteiger partial charge on any atom is 0.279 e. The van der Waals surface area contributed by atoms with Crippen molar-refractivity contribution < 1.29 is 13.2 Å². The van der Waals surface area contributed by atoms with E-state index >= 15 is 0 Å². The molecule has 1 aliphatic heterocycles. The molecule has 108 valence electrons. The Hall–Kier alpha value is 0.310. The van der Waals surface area contributed by atoms with Crippen LogP contribution in [-0.4, -0.2) is 50.9 Å². The van der Waals surface area contributed by atoms with Gasteiger partial charge in [-0.1, -0.05) is 29.3 Å². The van der Waals surface area contributed by atoms with E-state index in [2.05, 4.69) is 27.6 Å². The summed E-state index contributed by atoms with van der Waals surface area (Å²) in [4.78, 5) is 0. The Bertz CT molecular complexity index is 312. The maximum atomic E-state index is 12.0. The molecule has 1 aliphatic rings. The van der Waals surface area contributed by atoms with Crippen LogP contribution in [0.3, 0.4) is 0 Å². The molecule has 1 atom stereocenters. The predicted octanol–water partition coefficient (Wildman–Crippen LogP) is 1.35. The van der Waals surface area contributed by atoms with Crippen LogP contribution >= 0.6 is 15.9 Å². The molecule has 0 radical (unpaired) electrons.